The number of piperazine rings is 1. The van der Waals surface area contributed by atoms with E-state index in [1.807, 2.05) is 55.5 Å². The van der Waals surface area contributed by atoms with Crippen LogP contribution in [0.1, 0.15) is 28.6 Å². The third kappa shape index (κ3) is 4.85. The molecule has 1 aliphatic heterocycles. The Balaban J connectivity index is 1.53. The van der Waals surface area contributed by atoms with Crippen molar-refractivity contribution in [3.63, 3.8) is 0 Å². The number of anilines is 1. The monoisotopic (exact) mass is 489 g/mol. The molecule has 1 N–H and O–H groups in total. The molecule has 1 fully saturated rings. The highest BCUT2D eigenvalue weighted by Gasteiger charge is 2.31. The van der Waals surface area contributed by atoms with Crippen LogP contribution < -0.4 is 10.5 Å². The molecule has 0 aliphatic carbocycles. The highest BCUT2D eigenvalue weighted by Crippen LogP contribution is 2.34. The largest absolute Gasteiger partial charge is 0.507 e. The van der Waals surface area contributed by atoms with Crippen molar-refractivity contribution in [2.45, 2.75) is 19.5 Å². The first-order valence-corrected chi connectivity index (χ1v) is 12.1. The van der Waals surface area contributed by atoms with Gasteiger partial charge in [0.15, 0.2) is 0 Å². The summed E-state index contributed by atoms with van der Waals surface area (Å²) in [4.78, 5) is 18.5. The van der Waals surface area contributed by atoms with E-state index in [2.05, 4.69) is 21.9 Å². The Morgan fingerprint density at radius 3 is 2.34 bits per heavy atom. The summed E-state index contributed by atoms with van der Waals surface area (Å²) in [6.45, 7) is 5.26. The number of pyridine rings is 1. The SMILES string of the molecule is Cc1cc(O)c([C@@H](c2ccc(Cl)cc2)N2CCN(c3ccccc3)CC2)c(=O)n1Cc1ccco1. The van der Waals surface area contributed by atoms with Crippen LogP contribution in [0.25, 0.3) is 0 Å². The van der Waals surface area contributed by atoms with Gasteiger partial charge in [0.25, 0.3) is 5.56 Å². The van der Waals surface area contributed by atoms with Gasteiger partial charge in [-0.1, -0.05) is 41.9 Å². The predicted molar refractivity (Wildman–Crippen MR) is 138 cm³/mol. The van der Waals surface area contributed by atoms with Gasteiger partial charge in [-0.3, -0.25) is 9.69 Å². The summed E-state index contributed by atoms with van der Waals surface area (Å²) in [5.74, 6) is 0.694. The smallest absolute Gasteiger partial charge is 0.260 e. The molecular weight excluding hydrogens is 462 g/mol. The van der Waals surface area contributed by atoms with Gasteiger partial charge in [-0.05, 0) is 55.0 Å². The van der Waals surface area contributed by atoms with Crippen LogP contribution in [0.15, 0.2) is 88.3 Å². The van der Waals surface area contributed by atoms with Gasteiger partial charge >= 0.3 is 0 Å². The summed E-state index contributed by atoms with van der Waals surface area (Å²) in [5.41, 5.74) is 2.94. The number of aromatic nitrogens is 1. The molecule has 3 heterocycles. The van der Waals surface area contributed by atoms with Crippen molar-refractivity contribution in [1.29, 1.82) is 0 Å². The molecule has 7 heteroatoms. The van der Waals surface area contributed by atoms with E-state index in [0.29, 0.717) is 28.6 Å². The maximum absolute atomic E-state index is 13.8. The Bertz CT molecular complexity index is 1330. The number of para-hydroxylation sites is 1. The number of furan rings is 1. The molecule has 0 unspecified atom stereocenters. The Morgan fingerprint density at radius 2 is 1.69 bits per heavy atom. The summed E-state index contributed by atoms with van der Waals surface area (Å²) in [5, 5.41) is 11.7. The second-order valence-corrected chi connectivity index (χ2v) is 9.30. The molecule has 0 radical (unpaired) electrons. The van der Waals surface area contributed by atoms with Gasteiger partial charge in [0.1, 0.15) is 11.5 Å². The van der Waals surface area contributed by atoms with Crippen LogP contribution in [0.5, 0.6) is 5.75 Å². The number of hydrogen-bond acceptors (Lipinski definition) is 5. The maximum Gasteiger partial charge on any atom is 0.260 e. The van der Waals surface area contributed by atoms with Gasteiger partial charge in [-0.25, -0.2) is 0 Å². The lowest BCUT2D eigenvalue weighted by Gasteiger charge is -2.40. The van der Waals surface area contributed by atoms with Crippen molar-refractivity contribution in [2.75, 3.05) is 31.1 Å². The molecule has 1 aliphatic rings. The van der Waals surface area contributed by atoms with Crippen LogP contribution in [-0.4, -0.2) is 40.8 Å². The van der Waals surface area contributed by atoms with Crippen molar-refractivity contribution in [3.05, 3.63) is 117 Å². The van der Waals surface area contributed by atoms with Crippen LogP contribution >= 0.6 is 11.6 Å². The third-order valence-corrected chi connectivity index (χ3v) is 6.93. The molecule has 0 spiro atoms. The molecule has 180 valence electrons. The van der Waals surface area contributed by atoms with E-state index in [4.69, 9.17) is 16.0 Å². The number of nitrogens with zero attached hydrogens (tertiary/aromatic N) is 3. The molecule has 1 atom stereocenters. The number of aromatic hydroxyl groups is 1. The lowest BCUT2D eigenvalue weighted by molar-refractivity contribution is 0.207. The highest BCUT2D eigenvalue weighted by molar-refractivity contribution is 6.30. The fourth-order valence-electron chi connectivity index (χ4n) is 4.86. The molecule has 35 heavy (non-hydrogen) atoms. The molecule has 0 bridgehead atoms. The topological polar surface area (TPSA) is 61.9 Å². The quantitative estimate of drug-likeness (QED) is 0.410. The Morgan fingerprint density at radius 1 is 0.971 bits per heavy atom. The second kappa shape index (κ2) is 10.0. The number of rotatable bonds is 6. The van der Waals surface area contributed by atoms with Gasteiger partial charge < -0.3 is 19.0 Å². The number of benzene rings is 2. The number of halogens is 1. The van der Waals surface area contributed by atoms with Gasteiger partial charge in [-0.15, -0.1) is 0 Å². The van der Waals surface area contributed by atoms with E-state index in [0.717, 1.165) is 31.7 Å². The number of hydrogen-bond donors (Lipinski definition) is 1. The Hall–Kier alpha value is -3.48. The highest BCUT2D eigenvalue weighted by atomic mass is 35.5. The predicted octanol–water partition coefficient (Wildman–Crippen LogP) is 5.07. The second-order valence-electron chi connectivity index (χ2n) is 8.87. The molecule has 4 aromatic rings. The lowest BCUT2D eigenvalue weighted by Crippen LogP contribution is -2.49. The third-order valence-electron chi connectivity index (χ3n) is 6.68. The fraction of sp³-hybridized carbons (Fsp3) is 0.250. The van der Waals surface area contributed by atoms with Crippen LogP contribution in [0.3, 0.4) is 0 Å². The minimum Gasteiger partial charge on any atom is -0.507 e. The van der Waals surface area contributed by atoms with Gasteiger partial charge in [0.2, 0.25) is 0 Å². The molecular formula is C28H28ClN3O3. The number of aryl methyl sites for hydroxylation is 1. The zero-order chi connectivity index (χ0) is 24.4. The minimum atomic E-state index is -0.402. The van der Waals surface area contributed by atoms with Gasteiger partial charge in [0, 0.05) is 42.6 Å². The molecule has 0 amide bonds. The van der Waals surface area contributed by atoms with Crippen molar-refractivity contribution < 1.29 is 9.52 Å². The van der Waals surface area contributed by atoms with Gasteiger partial charge in [-0.2, -0.15) is 0 Å². The van der Waals surface area contributed by atoms with Crippen LogP contribution in [0.2, 0.25) is 5.02 Å². The standard InChI is InChI=1S/C28H28ClN3O3/c1-20-18-25(33)26(28(34)32(20)19-24-8-5-17-35-24)27(21-9-11-22(29)12-10-21)31-15-13-30(14-16-31)23-6-3-2-4-7-23/h2-12,17-18,27,33H,13-16,19H2,1H3/t27-/m1/s1. The molecule has 2 aromatic carbocycles. The minimum absolute atomic E-state index is 0.00799. The molecule has 1 saturated heterocycles. The van der Waals surface area contributed by atoms with E-state index < -0.39 is 6.04 Å². The first-order chi connectivity index (χ1) is 17.0. The molecule has 2 aromatic heterocycles. The maximum atomic E-state index is 13.8. The van der Waals surface area contributed by atoms with E-state index in [1.165, 1.54) is 5.69 Å². The summed E-state index contributed by atoms with van der Waals surface area (Å²) >= 11 is 6.18. The normalized spacial score (nSPS) is 15.3. The van der Waals surface area contributed by atoms with Crippen molar-refractivity contribution >= 4 is 17.3 Å². The van der Waals surface area contributed by atoms with Crippen LogP contribution in [0, 0.1) is 6.92 Å². The molecule has 0 saturated carbocycles. The Labute approximate surface area is 209 Å². The van der Waals surface area contributed by atoms with Crippen molar-refractivity contribution in [2.24, 2.45) is 0 Å². The molecule has 6 nitrogen and oxygen atoms in total. The summed E-state index contributed by atoms with van der Waals surface area (Å²) in [6.07, 6.45) is 1.60. The summed E-state index contributed by atoms with van der Waals surface area (Å²) < 4.78 is 7.16. The van der Waals surface area contributed by atoms with E-state index in [-0.39, 0.29) is 11.3 Å². The first kappa shape index (κ1) is 23.3. The van der Waals surface area contributed by atoms with E-state index in [1.54, 1.807) is 23.0 Å². The van der Waals surface area contributed by atoms with Gasteiger partial charge in [0.05, 0.1) is 24.4 Å². The molecule has 5 rings (SSSR count). The zero-order valence-corrected chi connectivity index (χ0v) is 20.4. The van der Waals surface area contributed by atoms with Crippen LogP contribution in [-0.2, 0) is 6.54 Å². The summed E-state index contributed by atoms with van der Waals surface area (Å²) in [7, 11) is 0. The Kier molecular flexibility index (Phi) is 6.66. The van der Waals surface area contributed by atoms with E-state index in [9.17, 15) is 9.90 Å². The average Bonchev–Trinajstić information content (AvgIpc) is 3.39. The van der Waals surface area contributed by atoms with E-state index >= 15 is 0 Å². The van der Waals surface area contributed by atoms with Crippen molar-refractivity contribution in [3.8, 4) is 5.75 Å². The first-order valence-electron chi connectivity index (χ1n) is 11.8. The zero-order valence-electron chi connectivity index (χ0n) is 19.6. The van der Waals surface area contributed by atoms with Crippen LogP contribution in [0.4, 0.5) is 5.69 Å². The van der Waals surface area contributed by atoms with Crippen molar-refractivity contribution in [1.82, 2.24) is 9.47 Å². The lowest BCUT2D eigenvalue weighted by atomic mass is 9.96. The fourth-order valence-corrected chi connectivity index (χ4v) is 4.99. The average molecular weight is 490 g/mol. The summed E-state index contributed by atoms with van der Waals surface area (Å²) in [6, 6.07) is 22.8.